The number of rotatable bonds is 12. The molecule has 2 aromatic heterocycles. The molecule has 0 saturated heterocycles. The molecule has 0 spiro atoms. The normalized spacial score (nSPS) is 11.6. The summed E-state index contributed by atoms with van der Waals surface area (Å²) in [4.78, 5) is 52.8. The Morgan fingerprint density at radius 3 is 1.26 bits per heavy atom. The Labute approximate surface area is 365 Å². The minimum absolute atomic E-state index is 0.0936. The first-order valence-corrected chi connectivity index (χ1v) is 22.2. The topological polar surface area (TPSA) is 204 Å². The van der Waals surface area contributed by atoms with Crippen LogP contribution in [-0.4, -0.2) is 47.4 Å². The van der Waals surface area contributed by atoms with Crippen LogP contribution in [0.25, 0.3) is 11.4 Å². The van der Waals surface area contributed by atoms with Crippen molar-refractivity contribution in [2.75, 3.05) is 20.1 Å². The van der Waals surface area contributed by atoms with Gasteiger partial charge in [0.1, 0.15) is 21.2 Å². The van der Waals surface area contributed by atoms with E-state index in [0.717, 1.165) is 12.1 Å². The number of carbonyl (C=O) groups is 2. The number of nitrogens with zero attached hydrogens (tertiary/aromatic N) is 4. The van der Waals surface area contributed by atoms with Crippen molar-refractivity contribution in [3.05, 3.63) is 175 Å². The molecule has 2 amide bonds. The molecule has 0 unspecified atom stereocenters. The molecule has 0 saturated carbocycles. The van der Waals surface area contributed by atoms with Crippen molar-refractivity contribution in [3.8, 4) is 11.4 Å². The lowest BCUT2D eigenvalue weighted by molar-refractivity contribution is 0.101. The van der Waals surface area contributed by atoms with Crippen LogP contribution in [0, 0.1) is 13.8 Å². The van der Waals surface area contributed by atoms with E-state index in [4.69, 9.17) is 23.2 Å². The summed E-state index contributed by atoms with van der Waals surface area (Å²) in [5.41, 5.74) is 0.259. The Morgan fingerprint density at radius 1 is 0.516 bits per heavy atom. The third-order valence-electron chi connectivity index (χ3n) is 9.93. The predicted octanol–water partition coefficient (Wildman–Crippen LogP) is 6.70. The minimum Gasteiger partial charge on any atom is -0.322 e. The number of hydrogen-bond acceptors (Lipinski definition) is 8. The highest BCUT2D eigenvalue weighted by Gasteiger charge is 2.27. The van der Waals surface area contributed by atoms with Gasteiger partial charge in [-0.25, -0.2) is 26.2 Å². The highest BCUT2D eigenvalue weighted by atomic mass is 35.5. The molecule has 7 rings (SSSR count). The molecular weight excluding hydrogens is 880 g/mol. The van der Waals surface area contributed by atoms with Gasteiger partial charge < -0.3 is 10.6 Å². The average Bonchev–Trinajstić information content (AvgIpc) is 3.58. The first-order valence-electron chi connectivity index (χ1n) is 18.4. The molecule has 20 heteroatoms. The lowest BCUT2D eigenvalue weighted by Crippen LogP contribution is -2.23. The zero-order chi connectivity index (χ0) is 44.7. The number of hydrogen-bond donors (Lipinski definition) is 4. The molecule has 4 N–H and O–H groups in total. The van der Waals surface area contributed by atoms with Crippen LogP contribution in [-0.2, 0) is 34.1 Å². The van der Waals surface area contributed by atoms with Crippen LogP contribution in [0.15, 0.2) is 141 Å². The summed E-state index contributed by atoms with van der Waals surface area (Å²) >= 11 is 12.7. The van der Waals surface area contributed by atoms with Crippen molar-refractivity contribution in [1.29, 1.82) is 0 Å². The van der Waals surface area contributed by atoms with E-state index in [0.29, 0.717) is 22.8 Å². The van der Waals surface area contributed by atoms with E-state index in [9.17, 15) is 36.0 Å². The van der Waals surface area contributed by atoms with Gasteiger partial charge in [0.05, 0.1) is 32.8 Å². The standard InChI is InChI=1S/C42H36Cl2N8O8S2/c1-25-37(41(55)51(49(25)3)31-14-7-5-8-15-31)47-61(57,58)35-22-27(18-20-33(35)43)39(53)45-29-12-11-13-30(24-29)46-40(54)28-19-21-34(44)36(23-28)62(59,60)48-38-26(2)50(4)52(42(38)56)32-16-9-6-10-17-32/h5-24,47-48H,1-4H3,(H,45,53)(H,46,54). The van der Waals surface area contributed by atoms with Gasteiger partial charge in [0.25, 0.3) is 43.0 Å². The second kappa shape index (κ2) is 16.9. The Bertz CT molecular complexity index is 3060. The molecule has 0 aliphatic rings. The molecule has 318 valence electrons. The number of carbonyl (C=O) groups excluding carboxylic acids is 2. The molecule has 7 aromatic rings. The van der Waals surface area contributed by atoms with Crippen LogP contribution in [0.3, 0.4) is 0 Å². The second-order valence-electron chi connectivity index (χ2n) is 13.9. The van der Waals surface area contributed by atoms with Gasteiger partial charge >= 0.3 is 0 Å². The first kappa shape index (κ1) is 43.2. The lowest BCUT2D eigenvalue weighted by atomic mass is 10.2. The van der Waals surface area contributed by atoms with E-state index in [1.54, 1.807) is 88.6 Å². The van der Waals surface area contributed by atoms with Crippen molar-refractivity contribution in [1.82, 2.24) is 18.7 Å². The van der Waals surface area contributed by atoms with E-state index in [1.165, 1.54) is 67.3 Å². The minimum atomic E-state index is -4.50. The van der Waals surface area contributed by atoms with Gasteiger partial charge in [0.2, 0.25) is 0 Å². The van der Waals surface area contributed by atoms with Crippen molar-refractivity contribution < 1.29 is 26.4 Å². The predicted molar refractivity (Wildman–Crippen MR) is 238 cm³/mol. The van der Waals surface area contributed by atoms with Crippen molar-refractivity contribution in [2.24, 2.45) is 14.1 Å². The molecule has 0 bridgehead atoms. The first-order chi connectivity index (χ1) is 29.4. The van der Waals surface area contributed by atoms with Gasteiger partial charge in [-0.15, -0.1) is 0 Å². The molecule has 5 aromatic carbocycles. The van der Waals surface area contributed by atoms with E-state index >= 15 is 0 Å². The number of amides is 2. The Morgan fingerprint density at radius 2 is 0.887 bits per heavy atom. The largest absolute Gasteiger partial charge is 0.322 e. The number of halogens is 2. The number of benzene rings is 5. The van der Waals surface area contributed by atoms with Crippen LogP contribution in [0.1, 0.15) is 32.1 Å². The molecule has 2 heterocycles. The highest BCUT2D eigenvalue weighted by molar-refractivity contribution is 7.93. The van der Waals surface area contributed by atoms with Crippen LogP contribution in [0.2, 0.25) is 10.0 Å². The molecule has 0 fully saturated rings. The van der Waals surface area contributed by atoms with Gasteiger partial charge in [-0.3, -0.25) is 38.0 Å². The Balaban J connectivity index is 1.07. The van der Waals surface area contributed by atoms with E-state index in [1.807, 2.05) is 0 Å². The third kappa shape index (κ3) is 8.40. The molecular formula is C42H36Cl2N8O8S2. The maximum atomic E-state index is 13.7. The smallest absolute Gasteiger partial charge is 0.296 e. The maximum Gasteiger partial charge on any atom is 0.296 e. The molecule has 0 aliphatic heterocycles. The third-order valence-corrected chi connectivity index (χ3v) is 13.6. The number of nitrogens with one attached hydrogen (secondary N) is 4. The van der Waals surface area contributed by atoms with Crippen LogP contribution in [0.5, 0.6) is 0 Å². The maximum absolute atomic E-state index is 13.7. The second-order valence-corrected chi connectivity index (χ2v) is 18.0. The molecule has 62 heavy (non-hydrogen) atoms. The quantitative estimate of drug-likeness (QED) is 0.104. The summed E-state index contributed by atoms with van der Waals surface area (Å²) in [6.07, 6.45) is 0. The van der Waals surface area contributed by atoms with Crippen LogP contribution in [0.4, 0.5) is 22.7 Å². The summed E-state index contributed by atoms with van der Waals surface area (Å²) in [6.45, 7) is 3.16. The number of sulfonamides is 2. The highest BCUT2D eigenvalue weighted by Crippen LogP contribution is 2.29. The van der Waals surface area contributed by atoms with Gasteiger partial charge in [-0.2, -0.15) is 0 Å². The van der Waals surface area contributed by atoms with Crippen molar-refractivity contribution >= 4 is 77.8 Å². The number of para-hydroxylation sites is 2. The van der Waals surface area contributed by atoms with Crippen LogP contribution < -0.4 is 31.2 Å². The zero-order valence-corrected chi connectivity index (χ0v) is 36.3. The average molecular weight is 916 g/mol. The number of anilines is 4. The van der Waals surface area contributed by atoms with E-state index < -0.39 is 52.8 Å². The van der Waals surface area contributed by atoms with Gasteiger partial charge in [-0.1, -0.05) is 65.7 Å². The van der Waals surface area contributed by atoms with Crippen molar-refractivity contribution in [3.63, 3.8) is 0 Å². The summed E-state index contributed by atoms with van der Waals surface area (Å²) in [7, 11) is -5.78. The molecule has 16 nitrogen and oxygen atoms in total. The van der Waals surface area contributed by atoms with Gasteiger partial charge in [0.15, 0.2) is 0 Å². The zero-order valence-electron chi connectivity index (χ0n) is 33.2. The molecule has 0 atom stereocenters. The Kier molecular flexibility index (Phi) is 11.8. The SMILES string of the molecule is Cc1c(NS(=O)(=O)c2cc(C(=O)Nc3cccc(NC(=O)c4ccc(Cl)c(S(=O)(=O)Nc5c(C)n(C)n(-c6ccccc6)c5=O)c4)c3)ccc2Cl)c(=O)n(-c2ccccc2)n1C. The Hall–Kier alpha value is -6.86. The van der Waals surface area contributed by atoms with Gasteiger partial charge in [-0.05, 0) is 92.7 Å². The molecule has 0 aliphatic carbocycles. The monoisotopic (exact) mass is 914 g/mol. The van der Waals surface area contributed by atoms with Crippen LogP contribution >= 0.6 is 23.2 Å². The number of aromatic nitrogens is 4. The summed E-state index contributed by atoms with van der Waals surface area (Å²) < 4.78 is 65.0. The summed E-state index contributed by atoms with van der Waals surface area (Å²) in [5.74, 6) is -1.46. The van der Waals surface area contributed by atoms with E-state index in [-0.39, 0.29) is 43.9 Å². The fourth-order valence-corrected chi connectivity index (χ4v) is 9.82. The van der Waals surface area contributed by atoms with E-state index in [2.05, 4.69) is 20.1 Å². The fourth-order valence-electron chi connectivity index (χ4n) is 6.53. The molecule has 0 radical (unpaired) electrons. The van der Waals surface area contributed by atoms with Crippen molar-refractivity contribution in [2.45, 2.75) is 23.6 Å². The lowest BCUT2D eigenvalue weighted by Gasteiger charge is -2.12. The summed E-state index contributed by atoms with van der Waals surface area (Å²) in [5, 5.41) is 4.90. The fraction of sp³-hybridized carbons (Fsp3) is 0.0952. The van der Waals surface area contributed by atoms with Gasteiger partial charge in [0, 0.05) is 36.6 Å². The summed E-state index contributed by atoms with van der Waals surface area (Å²) in [6, 6.07) is 30.6.